The molecule has 2 bridgehead atoms. The molecule has 110 valence electrons. The van der Waals surface area contributed by atoms with Gasteiger partial charge >= 0.3 is 6.18 Å². The summed E-state index contributed by atoms with van der Waals surface area (Å²) in [5.74, 6) is 0. The molecule has 1 aromatic rings. The molecule has 0 amide bonds. The van der Waals surface area contributed by atoms with Gasteiger partial charge in [0.05, 0.1) is 16.9 Å². The first kappa shape index (κ1) is 13.7. The number of hydrogen-bond donors (Lipinski definition) is 0. The molecule has 1 aromatic heterocycles. The number of anilines is 1. The number of nitrogens with zero attached hydrogens (tertiary/aromatic N) is 3. The van der Waals surface area contributed by atoms with E-state index in [1.807, 2.05) is 0 Å². The van der Waals surface area contributed by atoms with Gasteiger partial charge in [0.25, 0.3) is 0 Å². The normalized spacial score (nSPS) is 26.7. The van der Waals surface area contributed by atoms with Gasteiger partial charge in [0.2, 0.25) is 0 Å². The van der Waals surface area contributed by atoms with Crippen molar-refractivity contribution in [2.75, 3.05) is 31.1 Å². The Morgan fingerprint density at radius 3 is 2.80 bits per heavy atom. The van der Waals surface area contributed by atoms with Gasteiger partial charge in [-0.25, -0.2) is 0 Å². The van der Waals surface area contributed by atoms with E-state index in [1.165, 1.54) is 6.07 Å². The summed E-state index contributed by atoms with van der Waals surface area (Å²) in [4.78, 5) is 8.46. The van der Waals surface area contributed by atoms with Crippen LogP contribution in [0.15, 0.2) is 12.3 Å². The Labute approximate surface area is 116 Å². The molecular formula is C14H18F3N3. The minimum atomic E-state index is -4.33. The van der Waals surface area contributed by atoms with E-state index in [0.29, 0.717) is 17.4 Å². The zero-order valence-corrected chi connectivity index (χ0v) is 11.5. The average molecular weight is 285 g/mol. The lowest BCUT2D eigenvalue weighted by Gasteiger charge is -2.46. The molecule has 20 heavy (non-hydrogen) atoms. The smallest absolute Gasteiger partial charge is 0.365 e. The van der Waals surface area contributed by atoms with E-state index in [9.17, 15) is 13.2 Å². The van der Waals surface area contributed by atoms with E-state index in [-0.39, 0.29) is 0 Å². The summed E-state index contributed by atoms with van der Waals surface area (Å²) in [5, 5.41) is 0. The van der Waals surface area contributed by atoms with Crippen LogP contribution in [0.1, 0.15) is 24.1 Å². The minimum Gasteiger partial charge on any atom is -0.365 e. The predicted molar refractivity (Wildman–Crippen MR) is 70.8 cm³/mol. The van der Waals surface area contributed by atoms with Gasteiger partial charge in [0.15, 0.2) is 0 Å². The Hall–Kier alpha value is -1.30. The maximum absolute atomic E-state index is 12.9. The summed E-state index contributed by atoms with van der Waals surface area (Å²) in [5.41, 5.74) is 0.666. The highest BCUT2D eigenvalue weighted by atomic mass is 19.4. The van der Waals surface area contributed by atoms with Crippen molar-refractivity contribution in [3.63, 3.8) is 0 Å². The Morgan fingerprint density at radius 1 is 1.25 bits per heavy atom. The fraction of sp³-hybridized carbons (Fsp3) is 0.643. The quantitative estimate of drug-likeness (QED) is 0.791. The molecule has 3 rings (SSSR count). The lowest BCUT2D eigenvalue weighted by Crippen LogP contribution is -2.56. The first-order valence-electron chi connectivity index (χ1n) is 6.98. The van der Waals surface area contributed by atoms with Crippen LogP contribution in [-0.4, -0.2) is 42.1 Å². The van der Waals surface area contributed by atoms with Gasteiger partial charge < -0.3 is 4.90 Å². The maximum atomic E-state index is 12.9. The molecular weight excluding hydrogens is 267 g/mol. The van der Waals surface area contributed by atoms with E-state index in [1.54, 1.807) is 6.92 Å². The third-order valence-corrected chi connectivity index (χ3v) is 4.28. The second-order valence-electron chi connectivity index (χ2n) is 5.62. The van der Waals surface area contributed by atoms with Gasteiger partial charge in [0.1, 0.15) is 0 Å². The topological polar surface area (TPSA) is 19.4 Å². The molecule has 2 aliphatic rings. The molecule has 6 heteroatoms. The minimum absolute atomic E-state index is 0.321. The van der Waals surface area contributed by atoms with E-state index in [0.717, 1.165) is 45.2 Å². The van der Waals surface area contributed by atoms with Crippen molar-refractivity contribution < 1.29 is 13.2 Å². The molecule has 3 heterocycles. The lowest BCUT2D eigenvalue weighted by atomic mass is 9.99. The summed E-state index contributed by atoms with van der Waals surface area (Å²) < 4.78 is 38.6. The first-order valence-corrected chi connectivity index (χ1v) is 6.98. The number of piperazine rings is 1. The first-order chi connectivity index (χ1) is 9.45. The number of halogens is 3. The number of hydrogen-bond acceptors (Lipinski definition) is 3. The number of aromatic nitrogens is 1. The van der Waals surface area contributed by atoms with Crippen molar-refractivity contribution in [1.82, 2.24) is 9.88 Å². The van der Waals surface area contributed by atoms with Crippen LogP contribution in [0.3, 0.4) is 0 Å². The SMILES string of the molecule is Cc1ncc(C(F)(F)F)cc1N1CCN2CCCC1C2. The van der Waals surface area contributed by atoms with Gasteiger partial charge in [-0.05, 0) is 32.4 Å². The van der Waals surface area contributed by atoms with Crippen LogP contribution in [-0.2, 0) is 6.18 Å². The summed E-state index contributed by atoms with van der Waals surface area (Å²) in [6, 6.07) is 1.58. The van der Waals surface area contributed by atoms with Gasteiger partial charge in [-0.15, -0.1) is 0 Å². The Balaban J connectivity index is 1.92. The fourth-order valence-corrected chi connectivity index (χ4v) is 3.20. The van der Waals surface area contributed by atoms with E-state index in [2.05, 4.69) is 14.8 Å². The van der Waals surface area contributed by atoms with Crippen molar-refractivity contribution in [3.05, 3.63) is 23.5 Å². The molecule has 2 aliphatic heterocycles. The second kappa shape index (κ2) is 4.91. The van der Waals surface area contributed by atoms with Gasteiger partial charge in [-0.1, -0.05) is 0 Å². The van der Waals surface area contributed by atoms with Crippen LogP contribution in [0.2, 0.25) is 0 Å². The van der Waals surface area contributed by atoms with Crippen LogP contribution in [0.4, 0.5) is 18.9 Å². The number of aryl methyl sites for hydroxylation is 1. The number of alkyl halides is 3. The Morgan fingerprint density at radius 2 is 2.05 bits per heavy atom. The van der Waals surface area contributed by atoms with E-state index < -0.39 is 11.7 Å². The zero-order valence-electron chi connectivity index (χ0n) is 11.5. The summed E-state index contributed by atoms with van der Waals surface area (Å²) in [6.07, 6.45) is -1.24. The summed E-state index contributed by atoms with van der Waals surface area (Å²) in [6.45, 7) is 5.56. The third-order valence-electron chi connectivity index (χ3n) is 4.28. The predicted octanol–water partition coefficient (Wildman–Crippen LogP) is 2.69. The standard InChI is InChI=1S/C14H18F3N3/c1-10-13(7-11(8-18-10)14(15,16)17)20-6-5-19-4-2-3-12(20)9-19/h7-8,12H,2-6,9H2,1H3. The number of fused-ring (bicyclic) bond motifs is 2. The molecule has 0 aromatic carbocycles. The van der Waals surface area contributed by atoms with Crippen molar-refractivity contribution in [3.8, 4) is 0 Å². The molecule has 0 spiro atoms. The number of pyridine rings is 1. The van der Waals surface area contributed by atoms with Gasteiger partial charge in [-0.2, -0.15) is 13.2 Å². The Kier molecular flexibility index (Phi) is 3.36. The second-order valence-corrected chi connectivity index (χ2v) is 5.62. The molecule has 2 unspecified atom stereocenters. The molecule has 3 nitrogen and oxygen atoms in total. The lowest BCUT2D eigenvalue weighted by molar-refractivity contribution is -0.137. The maximum Gasteiger partial charge on any atom is 0.417 e. The van der Waals surface area contributed by atoms with E-state index in [4.69, 9.17) is 0 Å². The van der Waals surface area contributed by atoms with Crippen molar-refractivity contribution in [2.24, 2.45) is 0 Å². The molecule has 2 atom stereocenters. The van der Waals surface area contributed by atoms with Crippen LogP contribution in [0.5, 0.6) is 0 Å². The van der Waals surface area contributed by atoms with Crippen LogP contribution >= 0.6 is 0 Å². The Bertz CT molecular complexity index is 501. The highest BCUT2D eigenvalue weighted by Gasteiger charge is 2.35. The monoisotopic (exact) mass is 285 g/mol. The molecule has 2 saturated heterocycles. The number of rotatable bonds is 1. The van der Waals surface area contributed by atoms with Crippen LogP contribution in [0.25, 0.3) is 0 Å². The highest BCUT2D eigenvalue weighted by Crippen LogP contribution is 2.34. The molecule has 0 aliphatic carbocycles. The van der Waals surface area contributed by atoms with Crippen molar-refractivity contribution in [2.45, 2.75) is 32.0 Å². The van der Waals surface area contributed by atoms with Gasteiger partial charge in [0, 0.05) is 31.9 Å². The fourth-order valence-electron chi connectivity index (χ4n) is 3.20. The van der Waals surface area contributed by atoms with Crippen LogP contribution in [0, 0.1) is 6.92 Å². The van der Waals surface area contributed by atoms with Gasteiger partial charge in [-0.3, -0.25) is 9.88 Å². The molecule has 2 fully saturated rings. The molecule has 0 N–H and O–H groups in total. The van der Waals surface area contributed by atoms with Crippen molar-refractivity contribution in [1.29, 1.82) is 0 Å². The largest absolute Gasteiger partial charge is 0.417 e. The molecule has 0 radical (unpaired) electrons. The van der Waals surface area contributed by atoms with E-state index >= 15 is 0 Å². The molecule has 0 saturated carbocycles. The van der Waals surface area contributed by atoms with Crippen molar-refractivity contribution >= 4 is 5.69 Å². The highest BCUT2D eigenvalue weighted by molar-refractivity contribution is 5.54. The third kappa shape index (κ3) is 2.49. The average Bonchev–Trinajstić information content (AvgIpc) is 2.39. The van der Waals surface area contributed by atoms with Crippen LogP contribution < -0.4 is 4.90 Å². The zero-order chi connectivity index (χ0) is 14.3. The summed E-state index contributed by atoms with van der Waals surface area (Å²) in [7, 11) is 0. The summed E-state index contributed by atoms with van der Waals surface area (Å²) >= 11 is 0. The number of piperidine rings is 1.